The molecule has 1 fully saturated rings. The van der Waals surface area contributed by atoms with Gasteiger partial charge in [0.05, 0.1) is 0 Å². The second kappa shape index (κ2) is 5.32. The Balaban J connectivity index is 1.93. The van der Waals surface area contributed by atoms with Crippen LogP contribution in [0, 0.1) is 12.8 Å². The van der Waals surface area contributed by atoms with E-state index in [1.54, 1.807) is 0 Å². The zero-order chi connectivity index (χ0) is 12.3. The Morgan fingerprint density at radius 1 is 1.47 bits per heavy atom. The predicted molar refractivity (Wildman–Crippen MR) is 66.9 cm³/mol. The van der Waals surface area contributed by atoms with Crippen LogP contribution in [0.5, 0.6) is 0 Å². The molecular weight excluding hydrogens is 214 g/mol. The Morgan fingerprint density at radius 2 is 2.29 bits per heavy atom. The Bertz CT molecular complexity index is 395. The molecule has 1 aromatic carbocycles. The molecule has 2 N–H and O–H groups in total. The van der Waals surface area contributed by atoms with Crippen molar-refractivity contribution in [2.75, 3.05) is 6.54 Å². The fourth-order valence-corrected chi connectivity index (χ4v) is 2.51. The molecule has 0 aliphatic carbocycles. The van der Waals surface area contributed by atoms with Gasteiger partial charge in [0.1, 0.15) is 0 Å². The van der Waals surface area contributed by atoms with Gasteiger partial charge >= 0.3 is 5.97 Å². The number of carboxylic acids is 1. The van der Waals surface area contributed by atoms with Crippen molar-refractivity contribution in [3.05, 3.63) is 35.4 Å². The molecule has 1 aliphatic rings. The minimum Gasteiger partial charge on any atom is -0.481 e. The summed E-state index contributed by atoms with van der Waals surface area (Å²) in [5, 5.41) is 12.2. The molecule has 1 aromatic rings. The van der Waals surface area contributed by atoms with Gasteiger partial charge in [0.25, 0.3) is 0 Å². The average molecular weight is 233 g/mol. The van der Waals surface area contributed by atoms with Crippen molar-refractivity contribution >= 4 is 5.97 Å². The number of hydrogen-bond acceptors (Lipinski definition) is 2. The quantitative estimate of drug-likeness (QED) is 0.843. The molecule has 92 valence electrons. The maximum atomic E-state index is 10.6. The number of hydrogen-bond donors (Lipinski definition) is 2. The molecule has 2 unspecified atom stereocenters. The minimum atomic E-state index is -0.689. The van der Waals surface area contributed by atoms with Gasteiger partial charge in [0.15, 0.2) is 0 Å². The number of benzene rings is 1. The lowest BCUT2D eigenvalue weighted by atomic mass is 9.89. The van der Waals surface area contributed by atoms with E-state index < -0.39 is 5.97 Å². The summed E-state index contributed by atoms with van der Waals surface area (Å²) in [5.41, 5.74) is 2.59. The maximum absolute atomic E-state index is 10.6. The number of carbonyl (C=O) groups is 1. The Kier molecular flexibility index (Phi) is 3.79. The zero-order valence-corrected chi connectivity index (χ0v) is 10.1. The molecule has 1 aliphatic heterocycles. The van der Waals surface area contributed by atoms with Gasteiger partial charge in [0.2, 0.25) is 0 Å². The summed E-state index contributed by atoms with van der Waals surface area (Å²) in [7, 11) is 0. The molecule has 3 nitrogen and oxygen atoms in total. The highest BCUT2D eigenvalue weighted by molar-refractivity contribution is 5.67. The fraction of sp³-hybridized carbons (Fsp3) is 0.500. The maximum Gasteiger partial charge on any atom is 0.303 e. The highest BCUT2D eigenvalue weighted by Crippen LogP contribution is 2.27. The molecular formula is C14H19NO2. The molecule has 2 rings (SSSR count). The molecule has 3 heteroatoms. The van der Waals surface area contributed by atoms with Gasteiger partial charge in [-0.25, -0.2) is 0 Å². The Morgan fingerprint density at radius 3 is 2.88 bits per heavy atom. The normalized spacial score (nSPS) is 24.5. The van der Waals surface area contributed by atoms with Crippen LogP contribution in [0.2, 0.25) is 0 Å². The van der Waals surface area contributed by atoms with Crippen LogP contribution in [0.15, 0.2) is 24.3 Å². The van der Waals surface area contributed by atoms with Gasteiger partial charge in [-0.3, -0.25) is 4.79 Å². The van der Waals surface area contributed by atoms with Gasteiger partial charge < -0.3 is 10.4 Å². The van der Waals surface area contributed by atoms with E-state index in [4.69, 9.17) is 5.11 Å². The van der Waals surface area contributed by atoms with E-state index in [2.05, 4.69) is 36.5 Å². The lowest BCUT2D eigenvalue weighted by Crippen LogP contribution is -2.34. The lowest BCUT2D eigenvalue weighted by molar-refractivity contribution is -0.138. The van der Waals surface area contributed by atoms with Gasteiger partial charge in [-0.05, 0) is 37.8 Å². The van der Waals surface area contributed by atoms with Crippen molar-refractivity contribution in [2.45, 2.75) is 32.2 Å². The molecule has 1 saturated heterocycles. The van der Waals surface area contributed by atoms with Gasteiger partial charge in [0, 0.05) is 12.5 Å². The standard InChI is InChI=1S/C14H19NO2/c1-10-3-2-4-12(7-10)13-6-5-11(9-15-13)8-14(16)17/h2-4,7,11,13,15H,5-6,8-9H2,1H3,(H,16,17). The van der Waals surface area contributed by atoms with Crippen LogP contribution in [0.4, 0.5) is 0 Å². The van der Waals surface area contributed by atoms with E-state index in [9.17, 15) is 4.79 Å². The van der Waals surface area contributed by atoms with E-state index in [0.717, 1.165) is 19.4 Å². The van der Waals surface area contributed by atoms with Crippen LogP contribution in [-0.4, -0.2) is 17.6 Å². The molecule has 17 heavy (non-hydrogen) atoms. The first-order valence-corrected chi connectivity index (χ1v) is 6.17. The summed E-state index contributed by atoms with van der Waals surface area (Å²) in [6.07, 6.45) is 2.31. The molecule has 1 heterocycles. The zero-order valence-electron chi connectivity index (χ0n) is 10.1. The second-order valence-corrected chi connectivity index (χ2v) is 4.92. The van der Waals surface area contributed by atoms with E-state index >= 15 is 0 Å². The van der Waals surface area contributed by atoms with E-state index in [0.29, 0.717) is 6.04 Å². The summed E-state index contributed by atoms with van der Waals surface area (Å²) >= 11 is 0. The SMILES string of the molecule is Cc1cccc(C2CCC(CC(=O)O)CN2)c1. The summed E-state index contributed by atoms with van der Waals surface area (Å²) in [6, 6.07) is 8.91. The van der Waals surface area contributed by atoms with Crippen LogP contribution < -0.4 is 5.32 Å². The van der Waals surface area contributed by atoms with Crippen molar-refractivity contribution in [2.24, 2.45) is 5.92 Å². The Hall–Kier alpha value is -1.35. The Labute approximate surface area is 102 Å². The lowest BCUT2D eigenvalue weighted by Gasteiger charge is -2.29. The minimum absolute atomic E-state index is 0.285. The van der Waals surface area contributed by atoms with Crippen molar-refractivity contribution in [3.63, 3.8) is 0 Å². The first-order valence-electron chi connectivity index (χ1n) is 6.17. The van der Waals surface area contributed by atoms with Crippen molar-refractivity contribution in [1.29, 1.82) is 0 Å². The number of carboxylic acid groups (broad SMARTS) is 1. The van der Waals surface area contributed by atoms with Gasteiger partial charge in [-0.1, -0.05) is 29.8 Å². The topological polar surface area (TPSA) is 49.3 Å². The molecule has 0 spiro atoms. The summed E-state index contributed by atoms with van der Waals surface area (Å²) < 4.78 is 0. The third-order valence-electron chi connectivity index (χ3n) is 3.42. The van der Waals surface area contributed by atoms with Crippen molar-refractivity contribution in [3.8, 4) is 0 Å². The predicted octanol–water partition coefficient (Wildman–Crippen LogP) is 2.51. The third-order valence-corrected chi connectivity index (χ3v) is 3.42. The number of rotatable bonds is 3. The summed E-state index contributed by atoms with van der Waals surface area (Å²) in [5.74, 6) is -0.403. The van der Waals surface area contributed by atoms with Crippen LogP contribution in [0.1, 0.15) is 36.4 Å². The van der Waals surface area contributed by atoms with Gasteiger partial charge in [-0.2, -0.15) is 0 Å². The fourth-order valence-electron chi connectivity index (χ4n) is 2.51. The van der Waals surface area contributed by atoms with Crippen LogP contribution in [0.3, 0.4) is 0 Å². The van der Waals surface area contributed by atoms with Crippen LogP contribution >= 0.6 is 0 Å². The number of aryl methyl sites for hydroxylation is 1. The van der Waals surface area contributed by atoms with E-state index in [1.807, 2.05) is 0 Å². The smallest absolute Gasteiger partial charge is 0.303 e. The molecule has 0 amide bonds. The average Bonchev–Trinajstić information content (AvgIpc) is 2.29. The molecule has 2 atom stereocenters. The second-order valence-electron chi connectivity index (χ2n) is 4.92. The molecule has 0 aromatic heterocycles. The number of piperidine rings is 1. The number of nitrogens with one attached hydrogen (secondary N) is 1. The highest BCUT2D eigenvalue weighted by atomic mass is 16.4. The van der Waals surface area contributed by atoms with E-state index in [-0.39, 0.29) is 12.3 Å². The molecule has 0 saturated carbocycles. The van der Waals surface area contributed by atoms with Crippen molar-refractivity contribution < 1.29 is 9.90 Å². The summed E-state index contributed by atoms with van der Waals surface area (Å²) in [4.78, 5) is 10.6. The monoisotopic (exact) mass is 233 g/mol. The largest absolute Gasteiger partial charge is 0.481 e. The number of aliphatic carboxylic acids is 1. The van der Waals surface area contributed by atoms with Gasteiger partial charge in [-0.15, -0.1) is 0 Å². The first kappa shape index (κ1) is 12.1. The summed E-state index contributed by atoms with van der Waals surface area (Å²) in [6.45, 7) is 2.91. The third kappa shape index (κ3) is 3.30. The highest BCUT2D eigenvalue weighted by Gasteiger charge is 2.23. The van der Waals surface area contributed by atoms with Crippen LogP contribution in [0.25, 0.3) is 0 Å². The molecule has 0 bridgehead atoms. The molecule has 0 radical (unpaired) electrons. The van der Waals surface area contributed by atoms with Crippen LogP contribution in [-0.2, 0) is 4.79 Å². The first-order chi connectivity index (χ1) is 8.15. The van der Waals surface area contributed by atoms with Crippen molar-refractivity contribution in [1.82, 2.24) is 5.32 Å². The van der Waals surface area contributed by atoms with E-state index in [1.165, 1.54) is 11.1 Å².